The number of rotatable bonds is 11. The molecule has 3 aromatic heterocycles. The predicted octanol–water partition coefficient (Wildman–Crippen LogP) is 6.76. The van der Waals surface area contributed by atoms with Crippen molar-refractivity contribution in [3.8, 4) is 23.2 Å². The van der Waals surface area contributed by atoms with Crippen LogP contribution in [-0.4, -0.2) is 37.1 Å². The molecule has 47 heavy (non-hydrogen) atoms. The van der Waals surface area contributed by atoms with Gasteiger partial charge in [-0.05, 0) is 66.2 Å². The molecule has 2 N–H and O–H groups in total. The van der Waals surface area contributed by atoms with E-state index < -0.39 is 23.4 Å². The number of nitrogens with zero attached hydrogens (tertiary/aromatic N) is 5. The van der Waals surface area contributed by atoms with Crippen molar-refractivity contribution < 1.29 is 27.8 Å². The molecular weight excluding hydrogens is 609 g/mol. The minimum atomic E-state index is -1.10. The molecule has 0 aliphatic rings. The van der Waals surface area contributed by atoms with E-state index in [0.717, 1.165) is 18.2 Å². The van der Waals surface area contributed by atoms with Gasteiger partial charge in [0.25, 0.3) is 0 Å². The van der Waals surface area contributed by atoms with Crippen molar-refractivity contribution in [2.75, 3.05) is 11.9 Å². The molecule has 0 aliphatic carbocycles. The fraction of sp³-hybridized carbons (Fsp3) is 0.114. The first-order valence-electron chi connectivity index (χ1n) is 14.4. The number of hydrogen-bond acceptors (Lipinski definition) is 7. The number of halogens is 3. The Morgan fingerprint density at radius 3 is 2.53 bits per heavy atom. The van der Waals surface area contributed by atoms with Crippen LogP contribution in [0, 0.1) is 28.8 Å². The summed E-state index contributed by atoms with van der Waals surface area (Å²) in [4.78, 5) is 24.8. The second-order valence-corrected chi connectivity index (χ2v) is 10.5. The number of carboxylic acid groups (broad SMARTS) is 1. The molecule has 0 unspecified atom stereocenters. The van der Waals surface area contributed by atoms with Crippen molar-refractivity contribution in [1.29, 1.82) is 5.26 Å². The van der Waals surface area contributed by atoms with Gasteiger partial charge in [0, 0.05) is 42.9 Å². The molecule has 0 atom stereocenters. The summed E-state index contributed by atoms with van der Waals surface area (Å²) in [6, 6.07) is 22.5. The molecule has 6 aromatic rings. The van der Waals surface area contributed by atoms with E-state index in [0.29, 0.717) is 35.8 Å². The molecule has 6 rings (SSSR count). The van der Waals surface area contributed by atoms with Crippen LogP contribution in [0.1, 0.15) is 32.9 Å². The number of carboxylic acids is 1. The minimum absolute atomic E-state index is 0.0441. The average Bonchev–Trinajstić information content (AvgIpc) is 3.42. The summed E-state index contributed by atoms with van der Waals surface area (Å²) < 4.78 is 52.8. The van der Waals surface area contributed by atoms with E-state index in [1.165, 1.54) is 36.4 Å². The lowest BCUT2D eigenvalue weighted by atomic mass is 10.0. The summed E-state index contributed by atoms with van der Waals surface area (Å²) >= 11 is 0. The standard InChI is InChI=1S/C35H25F3N6O3/c36-26-14-21(19-39)7-8-23(26)20-47-34-6-3-4-29(43-34)25-18-27(37)24(15-28(25)38)17-33-42-30-10-9-22(35(45)46)16-31(30)44(33)13-12-41-32-5-1-2-11-40-32/h1-11,14-16,18H,12-13,17,20H2,(H,40,41)(H,45,46). The van der Waals surface area contributed by atoms with Gasteiger partial charge < -0.3 is 19.7 Å². The lowest BCUT2D eigenvalue weighted by molar-refractivity contribution is 0.0697. The van der Waals surface area contributed by atoms with Gasteiger partial charge >= 0.3 is 5.97 Å². The predicted molar refractivity (Wildman–Crippen MR) is 167 cm³/mol. The van der Waals surface area contributed by atoms with Gasteiger partial charge in [-0.25, -0.2) is 32.9 Å². The Bertz CT molecular complexity index is 2150. The number of nitriles is 1. The first kappa shape index (κ1) is 30.8. The first-order chi connectivity index (χ1) is 22.8. The van der Waals surface area contributed by atoms with E-state index in [4.69, 9.17) is 10.00 Å². The molecule has 0 aliphatic heterocycles. The van der Waals surface area contributed by atoms with Crippen molar-refractivity contribution in [2.45, 2.75) is 19.6 Å². The molecule has 0 saturated heterocycles. The normalized spacial score (nSPS) is 10.9. The largest absolute Gasteiger partial charge is 0.478 e. The average molecular weight is 635 g/mol. The SMILES string of the molecule is N#Cc1ccc(COc2cccc(-c3cc(F)c(Cc4nc5ccc(C(=O)O)cc5n4CCNc4ccccn4)cc3F)n2)c(F)c1. The number of imidazole rings is 1. The lowest BCUT2D eigenvalue weighted by Crippen LogP contribution is -2.14. The summed E-state index contributed by atoms with van der Waals surface area (Å²) in [7, 11) is 0. The molecule has 0 spiro atoms. The molecule has 0 amide bonds. The summed E-state index contributed by atoms with van der Waals surface area (Å²) in [6.45, 7) is 0.567. The zero-order chi connectivity index (χ0) is 32.9. The molecule has 3 heterocycles. The Hall–Kier alpha value is -6.22. The fourth-order valence-corrected chi connectivity index (χ4v) is 5.07. The van der Waals surface area contributed by atoms with Crippen LogP contribution in [0.25, 0.3) is 22.3 Å². The molecular formula is C35H25F3N6O3. The maximum absolute atomic E-state index is 15.6. The Labute approximate surface area is 266 Å². The van der Waals surface area contributed by atoms with Crippen LogP contribution in [0.2, 0.25) is 0 Å². The number of fused-ring (bicyclic) bond motifs is 1. The van der Waals surface area contributed by atoms with Gasteiger partial charge in [0.2, 0.25) is 5.88 Å². The Morgan fingerprint density at radius 1 is 0.915 bits per heavy atom. The van der Waals surface area contributed by atoms with E-state index in [1.807, 2.05) is 12.1 Å². The fourth-order valence-electron chi connectivity index (χ4n) is 5.07. The van der Waals surface area contributed by atoms with Gasteiger partial charge in [-0.15, -0.1) is 0 Å². The highest BCUT2D eigenvalue weighted by atomic mass is 19.1. The van der Waals surface area contributed by atoms with Gasteiger partial charge in [0.15, 0.2) is 0 Å². The van der Waals surface area contributed by atoms with Crippen LogP contribution in [-0.2, 0) is 19.6 Å². The number of nitrogens with one attached hydrogen (secondary N) is 1. The lowest BCUT2D eigenvalue weighted by Gasteiger charge is -2.13. The number of benzene rings is 3. The van der Waals surface area contributed by atoms with E-state index in [2.05, 4.69) is 20.3 Å². The van der Waals surface area contributed by atoms with E-state index in [-0.39, 0.29) is 52.4 Å². The van der Waals surface area contributed by atoms with Gasteiger partial charge in [0.05, 0.1) is 33.9 Å². The highest BCUT2D eigenvalue weighted by molar-refractivity contribution is 5.92. The number of aromatic carboxylic acids is 1. The van der Waals surface area contributed by atoms with Crippen LogP contribution in [0.3, 0.4) is 0 Å². The second kappa shape index (κ2) is 13.4. The van der Waals surface area contributed by atoms with Gasteiger partial charge in [-0.3, -0.25) is 0 Å². The molecule has 9 nitrogen and oxygen atoms in total. The van der Waals surface area contributed by atoms with E-state index in [1.54, 1.807) is 35.0 Å². The Morgan fingerprint density at radius 2 is 1.77 bits per heavy atom. The number of aromatic nitrogens is 4. The zero-order valence-corrected chi connectivity index (χ0v) is 24.6. The third-order valence-electron chi connectivity index (χ3n) is 7.42. The van der Waals surface area contributed by atoms with Gasteiger partial charge in [-0.1, -0.05) is 18.2 Å². The van der Waals surface area contributed by atoms with Crippen LogP contribution < -0.4 is 10.1 Å². The molecule has 3 aromatic carbocycles. The number of ether oxygens (including phenoxy) is 1. The molecule has 12 heteroatoms. The third kappa shape index (κ3) is 6.89. The Balaban J connectivity index is 1.25. The first-order valence-corrected chi connectivity index (χ1v) is 14.4. The van der Waals surface area contributed by atoms with Crippen LogP contribution in [0.4, 0.5) is 19.0 Å². The maximum atomic E-state index is 15.6. The maximum Gasteiger partial charge on any atom is 0.335 e. The monoisotopic (exact) mass is 634 g/mol. The van der Waals surface area contributed by atoms with Crippen molar-refractivity contribution in [3.05, 3.63) is 137 Å². The molecule has 0 bridgehead atoms. The number of carbonyl (C=O) groups is 1. The quantitative estimate of drug-likeness (QED) is 0.160. The van der Waals surface area contributed by atoms with Crippen molar-refractivity contribution in [2.24, 2.45) is 0 Å². The van der Waals surface area contributed by atoms with Crippen molar-refractivity contribution in [1.82, 2.24) is 19.5 Å². The molecule has 0 fully saturated rings. The zero-order valence-electron chi connectivity index (χ0n) is 24.6. The second-order valence-electron chi connectivity index (χ2n) is 10.5. The smallest absolute Gasteiger partial charge is 0.335 e. The number of anilines is 1. The molecule has 0 radical (unpaired) electrons. The number of hydrogen-bond donors (Lipinski definition) is 2. The summed E-state index contributed by atoms with van der Waals surface area (Å²) in [5.41, 5.74) is 1.57. The Kier molecular flexibility index (Phi) is 8.79. The van der Waals surface area contributed by atoms with Crippen LogP contribution in [0.15, 0.2) is 91.1 Å². The van der Waals surface area contributed by atoms with Crippen molar-refractivity contribution >= 4 is 22.8 Å². The summed E-state index contributed by atoms with van der Waals surface area (Å²) in [6.07, 6.45) is 1.58. The van der Waals surface area contributed by atoms with Gasteiger partial charge in [0.1, 0.15) is 35.7 Å². The van der Waals surface area contributed by atoms with Crippen LogP contribution >= 0.6 is 0 Å². The third-order valence-corrected chi connectivity index (χ3v) is 7.42. The summed E-state index contributed by atoms with van der Waals surface area (Å²) in [5, 5.41) is 21.7. The van der Waals surface area contributed by atoms with E-state index in [9.17, 15) is 14.3 Å². The number of pyridine rings is 2. The summed E-state index contributed by atoms with van der Waals surface area (Å²) in [5.74, 6) is -1.98. The molecule has 0 saturated carbocycles. The van der Waals surface area contributed by atoms with E-state index >= 15 is 8.78 Å². The topological polar surface area (TPSA) is 126 Å². The van der Waals surface area contributed by atoms with Crippen LogP contribution in [0.5, 0.6) is 5.88 Å². The minimum Gasteiger partial charge on any atom is -0.478 e. The van der Waals surface area contributed by atoms with Crippen molar-refractivity contribution in [3.63, 3.8) is 0 Å². The highest BCUT2D eigenvalue weighted by Crippen LogP contribution is 2.28. The van der Waals surface area contributed by atoms with Gasteiger partial charge in [-0.2, -0.15) is 5.26 Å². The molecule has 234 valence electrons. The highest BCUT2D eigenvalue weighted by Gasteiger charge is 2.19.